The number of hydrogen-bond acceptors (Lipinski definition) is 6. The van der Waals surface area contributed by atoms with E-state index >= 15 is 0 Å². The molecule has 0 aromatic heterocycles. The number of aryl methyl sites for hydroxylation is 1. The minimum absolute atomic E-state index is 0.0385. The van der Waals surface area contributed by atoms with Crippen LogP contribution in [0.2, 0.25) is 0 Å². The normalized spacial score (nSPS) is 16.3. The smallest absolute Gasteiger partial charge is 0.207 e. The van der Waals surface area contributed by atoms with Crippen molar-refractivity contribution in [2.75, 3.05) is 7.11 Å². The molecule has 29 heavy (non-hydrogen) atoms. The zero-order valence-corrected chi connectivity index (χ0v) is 16.7. The third-order valence-corrected chi connectivity index (χ3v) is 5.19. The van der Waals surface area contributed by atoms with Crippen molar-refractivity contribution < 1.29 is 9.47 Å². The van der Waals surface area contributed by atoms with Gasteiger partial charge in [-0.1, -0.05) is 36.4 Å². The summed E-state index contributed by atoms with van der Waals surface area (Å²) in [5.74, 6) is 0.112. The Balaban J connectivity index is 2.13. The zero-order chi connectivity index (χ0) is 21.1. The number of benzene rings is 2. The summed E-state index contributed by atoms with van der Waals surface area (Å²) in [4.78, 5) is 0. The Morgan fingerprint density at radius 1 is 1.17 bits per heavy atom. The molecule has 0 fully saturated rings. The molecule has 0 spiro atoms. The molecule has 6 heteroatoms. The lowest BCUT2D eigenvalue weighted by Gasteiger charge is -2.28. The highest BCUT2D eigenvalue weighted by Crippen LogP contribution is 2.41. The monoisotopic (exact) mass is 388 g/mol. The number of ether oxygens (including phenoxy) is 2. The molecule has 0 amide bonds. The second-order valence-electron chi connectivity index (χ2n) is 7.01. The SMILES string of the molecule is COc1cc(C2C(C#N)=C(N)OC(N)=C2C(=N)Cc2ccccc2)cc(C)c1C. The van der Waals surface area contributed by atoms with Gasteiger partial charge in [0.05, 0.1) is 13.0 Å². The number of rotatable bonds is 5. The first-order chi connectivity index (χ1) is 13.9. The van der Waals surface area contributed by atoms with Crippen molar-refractivity contribution in [3.05, 3.63) is 87.6 Å². The Morgan fingerprint density at radius 3 is 2.48 bits per heavy atom. The van der Waals surface area contributed by atoms with Crippen molar-refractivity contribution in [2.24, 2.45) is 11.5 Å². The topological polar surface area (TPSA) is 118 Å². The Kier molecular flexibility index (Phi) is 5.60. The van der Waals surface area contributed by atoms with E-state index in [-0.39, 0.29) is 23.1 Å². The van der Waals surface area contributed by atoms with E-state index in [1.807, 2.05) is 56.3 Å². The summed E-state index contributed by atoms with van der Waals surface area (Å²) < 4.78 is 11.0. The Labute approximate surface area is 170 Å². The van der Waals surface area contributed by atoms with Crippen molar-refractivity contribution in [3.63, 3.8) is 0 Å². The molecule has 0 radical (unpaired) electrons. The van der Waals surface area contributed by atoms with Crippen LogP contribution in [0.3, 0.4) is 0 Å². The third kappa shape index (κ3) is 3.81. The average Bonchev–Trinajstić information content (AvgIpc) is 2.70. The van der Waals surface area contributed by atoms with Crippen LogP contribution < -0.4 is 16.2 Å². The molecule has 0 saturated carbocycles. The number of methoxy groups -OCH3 is 1. The van der Waals surface area contributed by atoms with Crippen LogP contribution >= 0.6 is 0 Å². The summed E-state index contributed by atoms with van der Waals surface area (Å²) in [5, 5.41) is 18.5. The van der Waals surface area contributed by atoms with Crippen LogP contribution in [0.5, 0.6) is 5.75 Å². The molecule has 1 unspecified atom stereocenters. The van der Waals surface area contributed by atoms with Gasteiger partial charge in [-0.25, -0.2) is 0 Å². The first-order valence-corrected chi connectivity index (χ1v) is 9.21. The second-order valence-corrected chi connectivity index (χ2v) is 7.01. The lowest BCUT2D eigenvalue weighted by molar-refractivity contribution is 0.277. The molecule has 0 bridgehead atoms. The standard InChI is InChI=1S/C23H24N4O2/c1-13-9-16(11-19(28-3)14(13)2)20-17(12-24)22(26)29-23(27)21(20)18(25)10-15-7-5-4-6-8-15/h4-9,11,20,25H,10,26-27H2,1-3H3. The molecule has 148 valence electrons. The number of nitrogens with one attached hydrogen (secondary N) is 1. The number of allylic oxidation sites excluding steroid dienone is 2. The first kappa shape index (κ1) is 20.0. The molecular formula is C23H24N4O2. The fourth-order valence-corrected chi connectivity index (χ4v) is 3.56. The fraction of sp³-hybridized carbons (Fsp3) is 0.217. The lowest BCUT2D eigenvalue weighted by atomic mass is 9.79. The van der Waals surface area contributed by atoms with Gasteiger partial charge in [-0.15, -0.1) is 0 Å². The fourth-order valence-electron chi connectivity index (χ4n) is 3.56. The predicted molar refractivity (Wildman–Crippen MR) is 112 cm³/mol. The van der Waals surface area contributed by atoms with E-state index in [2.05, 4.69) is 6.07 Å². The molecule has 1 aliphatic heterocycles. The van der Waals surface area contributed by atoms with E-state index in [0.29, 0.717) is 17.7 Å². The molecule has 5 N–H and O–H groups in total. The van der Waals surface area contributed by atoms with E-state index in [4.69, 9.17) is 26.4 Å². The molecule has 2 aromatic carbocycles. The largest absolute Gasteiger partial charge is 0.496 e. The van der Waals surface area contributed by atoms with Gasteiger partial charge >= 0.3 is 0 Å². The van der Waals surface area contributed by atoms with Crippen molar-refractivity contribution in [1.29, 1.82) is 10.7 Å². The van der Waals surface area contributed by atoms with Gasteiger partial charge in [0.1, 0.15) is 17.4 Å². The van der Waals surface area contributed by atoms with Gasteiger partial charge in [-0.2, -0.15) is 5.26 Å². The number of nitriles is 1. The molecule has 0 aliphatic carbocycles. The first-order valence-electron chi connectivity index (χ1n) is 9.21. The summed E-state index contributed by atoms with van der Waals surface area (Å²) in [6.07, 6.45) is 0.358. The van der Waals surface area contributed by atoms with E-state index < -0.39 is 5.92 Å². The third-order valence-electron chi connectivity index (χ3n) is 5.19. The summed E-state index contributed by atoms with van der Waals surface area (Å²) >= 11 is 0. The van der Waals surface area contributed by atoms with Crippen LogP contribution in [0.4, 0.5) is 0 Å². The number of nitrogens with two attached hydrogens (primary N) is 2. The molecule has 3 rings (SSSR count). The van der Waals surface area contributed by atoms with E-state index in [9.17, 15) is 5.26 Å². The Hall–Kier alpha value is -3.72. The van der Waals surface area contributed by atoms with Crippen molar-refractivity contribution >= 4 is 5.71 Å². The number of nitrogens with zero attached hydrogens (tertiary/aromatic N) is 1. The van der Waals surface area contributed by atoms with Crippen LogP contribution in [-0.2, 0) is 11.2 Å². The maximum atomic E-state index is 9.79. The van der Waals surface area contributed by atoms with Crippen LogP contribution in [0.15, 0.2) is 65.4 Å². The van der Waals surface area contributed by atoms with Gasteiger partial charge in [-0.3, -0.25) is 0 Å². The van der Waals surface area contributed by atoms with Crippen LogP contribution in [0, 0.1) is 30.6 Å². The van der Waals surface area contributed by atoms with Gasteiger partial charge in [-0.05, 0) is 42.2 Å². The van der Waals surface area contributed by atoms with E-state index in [1.54, 1.807) is 7.11 Å². The Bertz CT molecular complexity index is 1060. The molecule has 1 atom stereocenters. The lowest BCUT2D eigenvalue weighted by Crippen LogP contribution is -2.28. The predicted octanol–water partition coefficient (Wildman–Crippen LogP) is 3.55. The summed E-state index contributed by atoms with van der Waals surface area (Å²) in [5.41, 5.74) is 16.9. The molecule has 1 heterocycles. The van der Waals surface area contributed by atoms with Gasteiger partial charge in [0.15, 0.2) is 5.88 Å². The molecule has 2 aromatic rings. The minimum atomic E-state index is -0.599. The second kappa shape index (κ2) is 8.11. The highest BCUT2D eigenvalue weighted by molar-refractivity contribution is 6.02. The summed E-state index contributed by atoms with van der Waals surface area (Å²) in [6, 6.07) is 15.6. The van der Waals surface area contributed by atoms with Gasteiger partial charge in [0.2, 0.25) is 5.88 Å². The molecule has 6 nitrogen and oxygen atoms in total. The maximum Gasteiger partial charge on any atom is 0.207 e. The van der Waals surface area contributed by atoms with Crippen molar-refractivity contribution in [1.82, 2.24) is 0 Å². The van der Waals surface area contributed by atoms with Crippen molar-refractivity contribution in [3.8, 4) is 11.8 Å². The van der Waals surface area contributed by atoms with Crippen LogP contribution in [0.25, 0.3) is 0 Å². The maximum absolute atomic E-state index is 9.79. The highest BCUT2D eigenvalue weighted by atomic mass is 16.5. The van der Waals surface area contributed by atoms with Crippen LogP contribution in [-0.4, -0.2) is 12.8 Å². The molecule has 1 aliphatic rings. The quantitative estimate of drug-likeness (QED) is 0.677. The Morgan fingerprint density at radius 2 is 1.86 bits per heavy atom. The summed E-state index contributed by atoms with van der Waals surface area (Å²) in [6.45, 7) is 3.95. The summed E-state index contributed by atoms with van der Waals surface area (Å²) in [7, 11) is 1.60. The van der Waals surface area contributed by atoms with Gasteiger partial charge in [0, 0.05) is 17.7 Å². The highest BCUT2D eigenvalue weighted by Gasteiger charge is 2.35. The molecular weight excluding hydrogens is 364 g/mol. The average molecular weight is 388 g/mol. The molecule has 0 saturated heterocycles. The van der Waals surface area contributed by atoms with E-state index in [1.165, 1.54) is 0 Å². The number of hydrogen-bond donors (Lipinski definition) is 3. The van der Waals surface area contributed by atoms with E-state index in [0.717, 1.165) is 22.3 Å². The van der Waals surface area contributed by atoms with Crippen molar-refractivity contribution in [2.45, 2.75) is 26.2 Å². The minimum Gasteiger partial charge on any atom is -0.496 e. The van der Waals surface area contributed by atoms with Crippen LogP contribution in [0.1, 0.15) is 28.2 Å². The van der Waals surface area contributed by atoms with Gasteiger partial charge < -0.3 is 26.4 Å². The zero-order valence-electron chi connectivity index (χ0n) is 16.7. The van der Waals surface area contributed by atoms with Gasteiger partial charge in [0.25, 0.3) is 0 Å².